The molecular weight excluding hydrogens is 140 g/mol. The van der Waals surface area contributed by atoms with E-state index >= 15 is 0 Å². The standard InChI is InChI=1S/C5H11O3S/c1-2-3-4-5-9(6,7)8/h4H,2-3,5H2,1H3,(H,6,7,8). The molecule has 0 atom stereocenters. The number of hydrogen-bond acceptors (Lipinski definition) is 2. The Kier molecular flexibility index (Phi) is 3.81. The van der Waals surface area contributed by atoms with Gasteiger partial charge in [-0.05, 0) is 12.8 Å². The van der Waals surface area contributed by atoms with Gasteiger partial charge in [-0.25, -0.2) is 0 Å². The topological polar surface area (TPSA) is 54.4 Å². The summed E-state index contributed by atoms with van der Waals surface area (Å²) in [7, 11) is -3.75. The lowest BCUT2D eigenvalue weighted by molar-refractivity contribution is 0.485. The number of rotatable bonds is 4. The monoisotopic (exact) mass is 151 g/mol. The van der Waals surface area contributed by atoms with Crippen LogP contribution >= 0.6 is 0 Å². The van der Waals surface area contributed by atoms with Gasteiger partial charge in [0.15, 0.2) is 0 Å². The smallest absolute Gasteiger partial charge is 0.265 e. The summed E-state index contributed by atoms with van der Waals surface area (Å²) in [6.07, 6.45) is 3.20. The van der Waals surface area contributed by atoms with Gasteiger partial charge >= 0.3 is 0 Å². The van der Waals surface area contributed by atoms with Crippen molar-refractivity contribution in [2.45, 2.75) is 19.8 Å². The Hall–Kier alpha value is -0.0900. The fourth-order valence-electron chi connectivity index (χ4n) is 0.436. The van der Waals surface area contributed by atoms with Crippen molar-refractivity contribution in [3.8, 4) is 0 Å². The molecule has 0 heterocycles. The molecule has 9 heavy (non-hydrogen) atoms. The average Bonchev–Trinajstić information content (AvgIpc) is 1.63. The van der Waals surface area contributed by atoms with E-state index in [4.69, 9.17) is 4.55 Å². The Bertz CT molecular complexity index is 148. The molecule has 0 aliphatic rings. The highest BCUT2D eigenvalue weighted by molar-refractivity contribution is 7.85. The summed E-state index contributed by atoms with van der Waals surface area (Å²) in [4.78, 5) is 0. The quantitative estimate of drug-likeness (QED) is 0.479. The maximum absolute atomic E-state index is 10.0. The van der Waals surface area contributed by atoms with E-state index in [2.05, 4.69) is 0 Å². The Balaban J connectivity index is 3.30. The van der Waals surface area contributed by atoms with Crippen molar-refractivity contribution in [3.05, 3.63) is 6.42 Å². The molecule has 1 N–H and O–H groups in total. The third kappa shape index (κ3) is 7.91. The van der Waals surface area contributed by atoms with Crippen LogP contribution in [0.25, 0.3) is 0 Å². The summed E-state index contributed by atoms with van der Waals surface area (Å²) in [6.45, 7) is 1.94. The van der Waals surface area contributed by atoms with Crippen molar-refractivity contribution in [2.24, 2.45) is 0 Å². The summed E-state index contributed by atoms with van der Waals surface area (Å²) in [5, 5.41) is 0. The third-order valence-electron chi connectivity index (χ3n) is 0.821. The van der Waals surface area contributed by atoms with Gasteiger partial charge < -0.3 is 0 Å². The molecule has 0 saturated carbocycles. The summed E-state index contributed by atoms with van der Waals surface area (Å²) in [5.41, 5.74) is 0. The molecule has 0 aromatic rings. The zero-order valence-electron chi connectivity index (χ0n) is 5.37. The molecule has 0 unspecified atom stereocenters. The fourth-order valence-corrected chi connectivity index (χ4v) is 0.901. The normalized spacial score (nSPS) is 11.8. The minimum absolute atomic E-state index is 0.221. The second-order valence-electron chi connectivity index (χ2n) is 1.83. The van der Waals surface area contributed by atoms with Crippen LogP contribution < -0.4 is 0 Å². The first-order valence-electron chi connectivity index (χ1n) is 2.83. The minimum atomic E-state index is -3.75. The van der Waals surface area contributed by atoms with Gasteiger partial charge in [0.1, 0.15) is 0 Å². The molecule has 0 rings (SSSR count). The molecule has 0 fully saturated rings. The Labute approximate surface area is 55.8 Å². The van der Waals surface area contributed by atoms with Crippen LogP contribution in [-0.2, 0) is 10.1 Å². The van der Waals surface area contributed by atoms with E-state index in [1.54, 1.807) is 6.42 Å². The molecule has 55 valence electrons. The van der Waals surface area contributed by atoms with Gasteiger partial charge in [-0.2, -0.15) is 8.42 Å². The van der Waals surface area contributed by atoms with Crippen LogP contribution in [0.4, 0.5) is 0 Å². The van der Waals surface area contributed by atoms with Crippen LogP contribution in [0.15, 0.2) is 0 Å². The molecular formula is C5H11O3S. The molecule has 4 heteroatoms. The van der Waals surface area contributed by atoms with E-state index in [1.165, 1.54) is 0 Å². The first kappa shape index (κ1) is 8.91. The predicted molar refractivity (Wildman–Crippen MR) is 35.6 cm³/mol. The van der Waals surface area contributed by atoms with Crippen molar-refractivity contribution in [1.29, 1.82) is 0 Å². The zero-order chi connectivity index (χ0) is 7.33. The molecule has 0 aliphatic heterocycles. The fraction of sp³-hybridized carbons (Fsp3) is 0.800. The van der Waals surface area contributed by atoms with Gasteiger partial charge in [-0.15, -0.1) is 0 Å². The van der Waals surface area contributed by atoms with E-state index in [0.717, 1.165) is 12.8 Å². The van der Waals surface area contributed by atoms with Crippen molar-refractivity contribution in [1.82, 2.24) is 0 Å². The summed E-state index contributed by atoms with van der Waals surface area (Å²) in [6, 6.07) is 0. The molecule has 0 amide bonds. The first-order chi connectivity index (χ1) is 4.06. The molecule has 0 aromatic carbocycles. The Morgan fingerprint density at radius 3 is 2.44 bits per heavy atom. The number of hydrogen-bond donors (Lipinski definition) is 1. The van der Waals surface area contributed by atoms with E-state index in [9.17, 15) is 8.42 Å². The van der Waals surface area contributed by atoms with Gasteiger partial charge in [0.05, 0.1) is 5.75 Å². The molecule has 0 saturated heterocycles. The molecule has 3 nitrogen and oxygen atoms in total. The van der Waals surface area contributed by atoms with Crippen molar-refractivity contribution in [3.63, 3.8) is 0 Å². The lowest BCUT2D eigenvalue weighted by Crippen LogP contribution is -2.03. The zero-order valence-corrected chi connectivity index (χ0v) is 6.19. The van der Waals surface area contributed by atoms with Gasteiger partial charge in [-0.1, -0.05) is 13.3 Å². The summed E-state index contributed by atoms with van der Waals surface area (Å²) >= 11 is 0. The van der Waals surface area contributed by atoms with E-state index in [0.29, 0.717) is 0 Å². The second-order valence-corrected chi connectivity index (χ2v) is 3.32. The Morgan fingerprint density at radius 1 is 1.56 bits per heavy atom. The van der Waals surface area contributed by atoms with Gasteiger partial charge in [0, 0.05) is 0 Å². The second kappa shape index (κ2) is 3.85. The molecule has 0 spiro atoms. The van der Waals surface area contributed by atoms with E-state index in [-0.39, 0.29) is 5.75 Å². The van der Waals surface area contributed by atoms with E-state index < -0.39 is 10.1 Å². The maximum atomic E-state index is 10.0. The summed E-state index contributed by atoms with van der Waals surface area (Å²) in [5.74, 6) is -0.221. The van der Waals surface area contributed by atoms with E-state index in [1.807, 2.05) is 6.92 Å². The van der Waals surface area contributed by atoms with Crippen LogP contribution in [0, 0.1) is 6.42 Å². The third-order valence-corrected chi connectivity index (χ3v) is 1.48. The van der Waals surface area contributed by atoms with Gasteiger partial charge in [0.25, 0.3) is 10.1 Å². The minimum Gasteiger partial charge on any atom is -0.286 e. The van der Waals surface area contributed by atoms with Crippen LogP contribution in [-0.4, -0.2) is 18.7 Å². The van der Waals surface area contributed by atoms with Crippen molar-refractivity contribution < 1.29 is 13.0 Å². The average molecular weight is 151 g/mol. The SMILES string of the molecule is CCC[CH]CS(=O)(=O)O. The Morgan fingerprint density at radius 2 is 2.11 bits per heavy atom. The predicted octanol–water partition coefficient (Wildman–Crippen LogP) is 0.879. The highest BCUT2D eigenvalue weighted by Crippen LogP contribution is 1.94. The first-order valence-corrected chi connectivity index (χ1v) is 4.44. The van der Waals surface area contributed by atoms with Crippen LogP contribution in [0.5, 0.6) is 0 Å². The molecule has 0 aliphatic carbocycles. The van der Waals surface area contributed by atoms with Crippen LogP contribution in [0.1, 0.15) is 19.8 Å². The largest absolute Gasteiger partial charge is 0.286 e. The lowest BCUT2D eigenvalue weighted by atomic mass is 10.3. The van der Waals surface area contributed by atoms with Crippen LogP contribution in [0.2, 0.25) is 0 Å². The lowest BCUT2D eigenvalue weighted by Gasteiger charge is -1.92. The maximum Gasteiger partial charge on any atom is 0.265 e. The number of unbranched alkanes of at least 4 members (excludes halogenated alkanes) is 2. The molecule has 0 bridgehead atoms. The van der Waals surface area contributed by atoms with Gasteiger partial charge in [0.2, 0.25) is 0 Å². The van der Waals surface area contributed by atoms with Crippen molar-refractivity contribution >= 4 is 10.1 Å². The van der Waals surface area contributed by atoms with Crippen molar-refractivity contribution in [2.75, 3.05) is 5.75 Å². The van der Waals surface area contributed by atoms with Crippen LogP contribution in [0.3, 0.4) is 0 Å². The molecule has 1 radical (unpaired) electrons. The highest BCUT2D eigenvalue weighted by atomic mass is 32.2. The van der Waals surface area contributed by atoms with Gasteiger partial charge in [-0.3, -0.25) is 4.55 Å². The molecule has 0 aromatic heterocycles. The summed E-state index contributed by atoms with van der Waals surface area (Å²) < 4.78 is 28.2. The highest BCUT2D eigenvalue weighted by Gasteiger charge is 2.01.